The SMILES string of the molecule is CCOC(=O)C1=C(CSc2nnc(-c3ccoc3C)n2CC)NC(=O)N[C@H]1CC. The first-order valence-electron chi connectivity index (χ1n) is 9.58. The van der Waals surface area contributed by atoms with Crippen LogP contribution >= 0.6 is 11.8 Å². The van der Waals surface area contributed by atoms with Crippen LogP contribution in [-0.2, 0) is 16.1 Å². The molecule has 1 aliphatic rings. The summed E-state index contributed by atoms with van der Waals surface area (Å²) < 4.78 is 12.6. The molecule has 0 radical (unpaired) electrons. The molecule has 10 heteroatoms. The zero-order valence-electron chi connectivity index (χ0n) is 16.9. The molecule has 3 heterocycles. The minimum Gasteiger partial charge on any atom is -0.469 e. The molecule has 2 N–H and O–H groups in total. The standard InChI is InChI=1S/C19H25N5O4S/c1-5-13-15(17(25)27-7-3)14(21-18(26)20-13)10-29-19-23-22-16(24(19)6-2)12-8-9-28-11(12)4/h8-9,13H,5-7,10H2,1-4H3,(H2,20,21,26)/t13-/m0/s1. The van der Waals surface area contributed by atoms with E-state index in [9.17, 15) is 9.59 Å². The molecule has 29 heavy (non-hydrogen) atoms. The lowest BCUT2D eigenvalue weighted by Crippen LogP contribution is -2.50. The second kappa shape index (κ2) is 9.17. The van der Waals surface area contributed by atoms with Crippen LogP contribution in [0.15, 0.2) is 33.2 Å². The number of nitrogens with zero attached hydrogens (tertiary/aromatic N) is 3. The number of aromatic nitrogens is 3. The van der Waals surface area contributed by atoms with E-state index in [1.54, 1.807) is 13.2 Å². The molecular weight excluding hydrogens is 394 g/mol. The van der Waals surface area contributed by atoms with Gasteiger partial charge >= 0.3 is 12.0 Å². The maximum atomic E-state index is 12.5. The van der Waals surface area contributed by atoms with E-state index in [1.165, 1.54) is 11.8 Å². The van der Waals surface area contributed by atoms with Gasteiger partial charge in [0.15, 0.2) is 11.0 Å². The first kappa shape index (κ1) is 21.0. The van der Waals surface area contributed by atoms with Crippen molar-refractivity contribution in [1.82, 2.24) is 25.4 Å². The van der Waals surface area contributed by atoms with Crippen molar-refractivity contribution in [1.29, 1.82) is 0 Å². The summed E-state index contributed by atoms with van der Waals surface area (Å²) >= 11 is 1.41. The molecule has 0 aromatic carbocycles. The third-order valence-electron chi connectivity index (χ3n) is 4.63. The maximum absolute atomic E-state index is 12.5. The van der Waals surface area contributed by atoms with Crippen molar-refractivity contribution >= 4 is 23.8 Å². The predicted octanol–water partition coefficient (Wildman–Crippen LogP) is 2.87. The number of carbonyl (C=O) groups is 2. The highest BCUT2D eigenvalue weighted by Crippen LogP contribution is 2.29. The first-order chi connectivity index (χ1) is 14.0. The van der Waals surface area contributed by atoms with Gasteiger partial charge in [-0.05, 0) is 33.3 Å². The number of furan rings is 1. The second-order valence-electron chi connectivity index (χ2n) is 6.40. The van der Waals surface area contributed by atoms with Gasteiger partial charge in [-0.25, -0.2) is 9.59 Å². The van der Waals surface area contributed by atoms with Crippen LogP contribution < -0.4 is 10.6 Å². The third-order valence-corrected chi connectivity index (χ3v) is 5.62. The van der Waals surface area contributed by atoms with Crippen LogP contribution in [0.4, 0.5) is 4.79 Å². The van der Waals surface area contributed by atoms with Gasteiger partial charge < -0.3 is 24.4 Å². The van der Waals surface area contributed by atoms with E-state index in [0.29, 0.717) is 35.1 Å². The molecule has 3 rings (SSSR count). The number of ether oxygens (including phenoxy) is 1. The molecule has 2 aromatic rings. The number of amides is 2. The van der Waals surface area contributed by atoms with Crippen LogP contribution in [0, 0.1) is 6.92 Å². The van der Waals surface area contributed by atoms with Gasteiger partial charge in [-0.3, -0.25) is 0 Å². The summed E-state index contributed by atoms with van der Waals surface area (Å²) in [7, 11) is 0. The largest absolute Gasteiger partial charge is 0.469 e. The lowest BCUT2D eigenvalue weighted by molar-refractivity contribution is -0.139. The summed E-state index contributed by atoms with van der Waals surface area (Å²) in [4.78, 5) is 24.5. The average molecular weight is 420 g/mol. The highest BCUT2D eigenvalue weighted by Gasteiger charge is 2.31. The Morgan fingerprint density at radius 3 is 2.76 bits per heavy atom. The number of urea groups is 1. The molecule has 2 amide bonds. The Morgan fingerprint density at radius 2 is 2.14 bits per heavy atom. The Bertz CT molecular complexity index is 933. The molecule has 156 valence electrons. The first-order valence-corrected chi connectivity index (χ1v) is 10.6. The predicted molar refractivity (Wildman–Crippen MR) is 108 cm³/mol. The van der Waals surface area contributed by atoms with Crippen molar-refractivity contribution in [3.8, 4) is 11.4 Å². The molecule has 0 saturated carbocycles. The average Bonchev–Trinajstić information content (AvgIpc) is 3.30. The van der Waals surface area contributed by atoms with Crippen LogP contribution in [-0.4, -0.2) is 45.2 Å². The monoisotopic (exact) mass is 419 g/mol. The molecule has 0 saturated heterocycles. The number of hydrogen-bond acceptors (Lipinski definition) is 7. The zero-order valence-corrected chi connectivity index (χ0v) is 17.8. The number of esters is 1. The topological polar surface area (TPSA) is 111 Å². The summed E-state index contributed by atoms with van der Waals surface area (Å²) in [5.74, 6) is 1.43. The summed E-state index contributed by atoms with van der Waals surface area (Å²) in [5.41, 5.74) is 1.88. The van der Waals surface area contributed by atoms with Crippen molar-refractivity contribution in [3.63, 3.8) is 0 Å². The van der Waals surface area contributed by atoms with Crippen LogP contribution in [0.3, 0.4) is 0 Å². The Morgan fingerprint density at radius 1 is 1.34 bits per heavy atom. The van der Waals surface area contributed by atoms with E-state index in [1.807, 2.05) is 31.4 Å². The minimum atomic E-state index is -0.422. The molecular formula is C19H25N5O4S. The molecule has 0 bridgehead atoms. The highest BCUT2D eigenvalue weighted by atomic mass is 32.2. The molecule has 0 unspecified atom stereocenters. The van der Waals surface area contributed by atoms with Gasteiger partial charge in [0, 0.05) is 18.0 Å². The molecule has 0 fully saturated rings. The van der Waals surface area contributed by atoms with Gasteiger partial charge in [0.05, 0.1) is 30.0 Å². The quantitative estimate of drug-likeness (QED) is 0.500. The summed E-state index contributed by atoms with van der Waals surface area (Å²) in [6.45, 7) is 8.49. The third kappa shape index (κ3) is 4.31. The molecule has 1 atom stereocenters. The molecule has 9 nitrogen and oxygen atoms in total. The van der Waals surface area contributed by atoms with E-state index in [4.69, 9.17) is 9.15 Å². The molecule has 2 aromatic heterocycles. The van der Waals surface area contributed by atoms with Gasteiger partial charge in [-0.15, -0.1) is 10.2 Å². The van der Waals surface area contributed by atoms with Crippen molar-refractivity contribution in [2.24, 2.45) is 0 Å². The van der Waals surface area contributed by atoms with Gasteiger partial charge in [-0.2, -0.15) is 0 Å². The number of aryl methyl sites for hydroxylation is 1. The van der Waals surface area contributed by atoms with Crippen molar-refractivity contribution in [2.75, 3.05) is 12.4 Å². The van der Waals surface area contributed by atoms with E-state index >= 15 is 0 Å². The number of carbonyl (C=O) groups excluding carboxylic acids is 2. The van der Waals surface area contributed by atoms with Gasteiger partial charge in [0.25, 0.3) is 0 Å². The second-order valence-corrected chi connectivity index (χ2v) is 7.34. The lowest BCUT2D eigenvalue weighted by atomic mass is 10.0. The van der Waals surface area contributed by atoms with Gasteiger partial charge in [0.1, 0.15) is 5.76 Å². The Hall–Kier alpha value is -2.75. The van der Waals surface area contributed by atoms with Crippen LogP contribution in [0.1, 0.15) is 33.0 Å². The number of nitrogens with one attached hydrogen (secondary N) is 2. The van der Waals surface area contributed by atoms with Crippen LogP contribution in [0.2, 0.25) is 0 Å². The Kier molecular flexibility index (Phi) is 6.63. The molecule has 1 aliphatic heterocycles. The normalized spacial score (nSPS) is 16.6. The maximum Gasteiger partial charge on any atom is 0.337 e. The van der Waals surface area contributed by atoms with E-state index in [2.05, 4.69) is 20.8 Å². The Labute approximate surface area is 173 Å². The van der Waals surface area contributed by atoms with Crippen molar-refractivity contribution < 1.29 is 18.7 Å². The summed E-state index contributed by atoms with van der Waals surface area (Å²) in [5, 5.41) is 14.8. The van der Waals surface area contributed by atoms with E-state index in [0.717, 1.165) is 17.1 Å². The Balaban J connectivity index is 1.88. The number of rotatable bonds is 8. The highest BCUT2D eigenvalue weighted by molar-refractivity contribution is 7.99. The lowest BCUT2D eigenvalue weighted by Gasteiger charge is -2.28. The zero-order chi connectivity index (χ0) is 21.0. The van der Waals surface area contributed by atoms with Crippen LogP contribution in [0.25, 0.3) is 11.4 Å². The fraction of sp³-hybridized carbons (Fsp3) is 0.474. The van der Waals surface area contributed by atoms with Crippen molar-refractivity contribution in [3.05, 3.63) is 29.4 Å². The minimum absolute atomic E-state index is 0.269. The van der Waals surface area contributed by atoms with Crippen molar-refractivity contribution in [2.45, 2.75) is 51.9 Å². The van der Waals surface area contributed by atoms with Gasteiger partial charge in [0.2, 0.25) is 0 Å². The van der Waals surface area contributed by atoms with E-state index < -0.39 is 5.97 Å². The van der Waals surface area contributed by atoms with Crippen LogP contribution in [0.5, 0.6) is 0 Å². The fourth-order valence-corrected chi connectivity index (χ4v) is 4.18. The number of thioether (sulfide) groups is 1. The van der Waals surface area contributed by atoms with Gasteiger partial charge in [-0.1, -0.05) is 18.7 Å². The van der Waals surface area contributed by atoms with E-state index in [-0.39, 0.29) is 18.7 Å². The number of hydrogen-bond donors (Lipinski definition) is 2. The molecule has 0 spiro atoms. The molecule has 0 aliphatic carbocycles. The summed E-state index contributed by atoms with van der Waals surface area (Å²) in [6.07, 6.45) is 2.21. The summed E-state index contributed by atoms with van der Waals surface area (Å²) in [6, 6.07) is 1.15. The fourth-order valence-electron chi connectivity index (χ4n) is 3.21. The smallest absolute Gasteiger partial charge is 0.337 e.